The summed E-state index contributed by atoms with van der Waals surface area (Å²) in [5, 5.41) is 9.35. The standard InChI is InChI=1S/C10H12NO2/c1-2-4-9(12)10(13)8-5-3-6-11-7-8/h3,5-7,9,12H,1-2,4H2. The summed E-state index contributed by atoms with van der Waals surface area (Å²) < 4.78 is 0. The number of rotatable bonds is 4. The number of aliphatic hydroxyl groups is 1. The van der Waals surface area contributed by atoms with E-state index in [-0.39, 0.29) is 5.78 Å². The van der Waals surface area contributed by atoms with Crippen LogP contribution in [0.4, 0.5) is 0 Å². The van der Waals surface area contributed by atoms with E-state index in [9.17, 15) is 9.90 Å². The molecule has 3 nitrogen and oxygen atoms in total. The van der Waals surface area contributed by atoms with E-state index < -0.39 is 6.10 Å². The van der Waals surface area contributed by atoms with Crippen LogP contribution in [0.1, 0.15) is 23.2 Å². The van der Waals surface area contributed by atoms with E-state index in [4.69, 9.17) is 0 Å². The van der Waals surface area contributed by atoms with Crippen LogP contribution in [0.3, 0.4) is 0 Å². The molecule has 0 bridgehead atoms. The summed E-state index contributed by atoms with van der Waals surface area (Å²) in [7, 11) is 0. The van der Waals surface area contributed by atoms with Crippen LogP contribution in [0, 0.1) is 6.92 Å². The summed E-state index contributed by atoms with van der Waals surface area (Å²) in [5.74, 6) is -0.281. The number of carbonyl (C=O) groups is 1. The van der Waals surface area contributed by atoms with Gasteiger partial charge in [-0.25, -0.2) is 0 Å². The zero-order valence-electron chi connectivity index (χ0n) is 7.31. The predicted molar refractivity (Wildman–Crippen MR) is 49.2 cm³/mol. The highest BCUT2D eigenvalue weighted by Crippen LogP contribution is 2.05. The van der Waals surface area contributed by atoms with Gasteiger partial charge in [-0.1, -0.05) is 13.3 Å². The number of carbonyl (C=O) groups excluding carboxylic acids is 1. The van der Waals surface area contributed by atoms with Gasteiger partial charge in [0.2, 0.25) is 0 Å². The summed E-state index contributed by atoms with van der Waals surface area (Å²) in [6.07, 6.45) is 3.04. The lowest BCUT2D eigenvalue weighted by Gasteiger charge is -2.06. The minimum atomic E-state index is -0.943. The van der Waals surface area contributed by atoms with Crippen molar-refractivity contribution in [3.05, 3.63) is 37.0 Å². The number of aliphatic hydroxyl groups excluding tert-OH is 1. The molecule has 1 atom stereocenters. The zero-order valence-corrected chi connectivity index (χ0v) is 7.31. The number of nitrogens with zero attached hydrogens (tertiary/aromatic N) is 1. The maximum Gasteiger partial charge on any atom is 0.192 e. The molecule has 0 saturated heterocycles. The Morgan fingerprint density at radius 2 is 2.46 bits per heavy atom. The normalized spacial score (nSPS) is 12.5. The van der Waals surface area contributed by atoms with Gasteiger partial charge in [-0.2, -0.15) is 0 Å². The van der Waals surface area contributed by atoms with Gasteiger partial charge in [-0.3, -0.25) is 9.78 Å². The van der Waals surface area contributed by atoms with Crippen LogP contribution in [0.2, 0.25) is 0 Å². The summed E-state index contributed by atoms with van der Waals surface area (Å²) in [5.41, 5.74) is 0.448. The predicted octanol–water partition coefficient (Wildman–Crippen LogP) is 1.24. The van der Waals surface area contributed by atoms with E-state index in [1.165, 1.54) is 6.20 Å². The Balaban J connectivity index is 2.68. The highest BCUT2D eigenvalue weighted by atomic mass is 16.3. The Hall–Kier alpha value is -1.22. The van der Waals surface area contributed by atoms with E-state index in [0.717, 1.165) is 0 Å². The molecule has 1 aromatic rings. The topological polar surface area (TPSA) is 50.2 Å². The van der Waals surface area contributed by atoms with Crippen LogP contribution in [0.25, 0.3) is 0 Å². The van der Waals surface area contributed by atoms with E-state index >= 15 is 0 Å². The third kappa shape index (κ3) is 2.63. The van der Waals surface area contributed by atoms with Crippen LogP contribution < -0.4 is 0 Å². The highest BCUT2D eigenvalue weighted by Gasteiger charge is 2.15. The molecule has 69 valence electrons. The average molecular weight is 178 g/mol. The average Bonchev–Trinajstić information content (AvgIpc) is 2.18. The van der Waals surface area contributed by atoms with Gasteiger partial charge in [0.05, 0.1) is 0 Å². The molecule has 1 heterocycles. The first-order chi connectivity index (χ1) is 6.25. The van der Waals surface area contributed by atoms with Gasteiger partial charge in [-0.05, 0) is 18.6 Å². The van der Waals surface area contributed by atoms with Gasteiger partial charge >= 0.3 is 0 Å². The minimum Gasteiger partial charge on any atom is -0.385 e. The molecule has 1 aromatic heterocycles. The molecular formula is C10H12NO2. The Morgan fingerprint density at radius 3 is 3.00 bits per heavy atom. The van der Waals surface area contributed by atoms with E-state index in [1.54, 1.807) is 18.3 Å². The number of pyridine rings is 1. The first-order valence-electron chi connectivity index (χ1n) is 4.17. The number of hydrogen-bond donors (Lipinski definition) is 1. The third-order valence-corrected chi connectivity index (χ3v) is 1.73. The second-order valence-electron chi connectivity index (χ2n) is 2.76. The van der Waals surface area contributed by atoms with Gasteiger partial charge in [0.25, 0.3) is 0 Å². The summed E-state index contributed by atoms with van der Waals surface area (Å²) in [6.45, 7) is 3.57. The van der Waals surface area contributed by atoms with Gasteiger partial charge in [0, 0.05) is 18.0 Å². The molecule has 0 aliphatic heterocycles. The van der Waals surface area contributed by atoms with Crippen molar-refractivity contribution in [3.63, 3.8) is 0 Å². The van der Waals surface area contributed by atoms with Crippen LogP contribution in [0.15, 0.2) is 24.5 Å². The molecule has 0 fully saturated rings. The molecule has 1 radical (unpaired) electrons. The molecular weight excluding hydrogens is 166 g/mol. The van der Waals surface area contributed by atoms with Gasteiger partial charge in [0.1, 0.15) is 6.10 Å². The third-order valence-electron chi connectivity index (χ3n) is 1.73. The first kappa shape index (κ1) is 9.86. The van der Waals surface area contributed by atoms with E-state index in [0.29, 0.717) is 18.4 Å². The van der Waals surface area contributed by atoms with Crippen molar-refractivity contribution in [3.8, 4) is 0 Å². The molecule has 1 rings (SSSR count). The van der Waals surface area contributed by atoms with Gasteiger partial charge in [0.15, 0.2) is 5.78 Å². The van der Waals surface area contributed by atoms with Gasteiger partial charge < -0.3 is 5.11 Å². The Labute approximate surface area is 77.4 Å². The summed E-state index contributed by atoms with van der Waals surface area (Å²) in [4.78, 5) is 15.2. The van der Waals surface area contributed by atoms with Crippen molar-refractivity contribution in [2.45, 2.75) is 18.9 Å². The maximum absolute atomic E-state index is 11.4. The maximum atomic E-state index is 11.4. The SMILES string of the molecule is [CH2]CCC(O)C(=O)c1cccnc1. The lowest BCUT2D eigenvalue weighted by atomic mass is 10.1. The van der Waals surface area contributed by atoms with E-state index in [2.05, 4.69) is 11.9 Å². The molecule has 1 N–H and O–H groups in total. The molecule has 3 heteroatoms. The van der Waals surface area contributed by atoms with Crippen molar-refractivity contribution in [1.29, 1.82) is 0 Å². The Morgan fingerprint density at radius 1 is 1.69 bits per heavy atom. The number of ketones is 1. The van der Waals surface area contributed by atoms with Crippen molar-refractivity contribution < 1.29 is 9.90 Å². The van der Waals surface area contributed by atoms with Crippen LogP contribution >= 0.6 is 0 Å². The molecule has 0 aromatic carbocycles. The van der Waals surface area contributed by atoms with E-state index in [1.807, 2.05) is 0 Å². The first-order valence-corrected chi connectivity index (χ1v) is 4.17. The summed E-state index contributed by atoms with van der Waals surface area (Å²) in [6, 6.07) is 3.31. The molecule has 0 saturated carbocycles. The monoisotopic (exact) mass is 178 g/mol. The Bertz CT molecular complexity index is 272. The van der Waals surface area contributed by atoms with Crippen molar-refractivity contribution in [2.75, 3.05) is 0 Å². The van der Waals surface area contributed by atoms with Crippen LogP contribution in [-0.2, 0) is 0 Å². The Kier molecular flexibility index (Phi) is 3.58. The minimum absolute atomic E-state index is 0.281. The zero-order chi connectivity index (χ0) is 9.68. The number of Topliss-reactive ketones (excluding diaryl/α,β-unsaturated/α-hetero) is 1. The van der Waals surface area contributed by atoms with Crippen LogP contribution in [-0.4, -0.2) is 22.0 Å². The lowest BCUT2D eigenvalue weighted by molar-refractivity contribution is 0.0732. The fraction of sp³-hybridized carbons (Fsp3) is 0.300. The fourth-order valence-corrected chi connectivity index (χ4v) is 1.03. The largest absolute Gasteiger partial charge is 0.385 e. The number of hydrogen-bond acceptors (Lipinski definition) is 3. The van der Waals surface area contributed by atoms with Crippen molar-refractivity contribution in [1.82, 2.24) is 4.98 Å². The quantitative estimate of drug-likeness (QED) is 0.706. The van der Waals surface area contributed by atoms with Crippen LogP contribution in [0.5, 0.6) is 0 Å². The van der Waals surface area contributed by atoms with Crippen molar-refractivity contribution in [2.24, 2.45) is 0 Å². The second-order valence-corrected chi connectivity index (χ2v) is 2.76. The lowest BCUT2D eigenvalue weighted by Crippen LogP contribution is -2.20. The fourth-order valence-electron chi connectivity index (χ4n) is 1.03. The number of aromatic nitrogens is 1. The molecule has 1 unspecified atom stereocenters. The highest BCUT2D eigenvalue weighted by molar-refractivity contribution is 5.98. The molecule has 0 aliphatic carbocycles. The molecule has 13 heavy (non-hydrogen) atoms. The molecule has 0 spiro atoms. The second kappa shape index (κ2) is 4.72. The smallest absolute Gasteiger partial charge is 0.192 e. The summed E-state index contributed by atoms with van der Waals surface area (Å²) >= 11 is 0. The van der Waals surface area contributed by atoms with Gasteiger partial charge in [-0.15, -0.1) is 0 Å². The van der Waals surface area contributed by atoms with Crippen molar-refractivity contribution >= 4 is 5.78 Å². The molecule has 0 aliphatic rings. The molecule has 0 amide bonds.